The molecule has 0 aliphatic rings. The maximum absolute atomic E-state index is 12.1. The molecule has 0 aliphatic carbocycles. The van der Waals surface area contributed by atoms with Gasteiger partial charge < -0.3 is 15.2 Å². The molecule has 0 aromatic carbocycles. The van der Waals surface area contributed by atoms with Gasteiger partial charge in [-0.2, -0.15) is 0 Å². The zero-order valence-corrected chi connectivity index (χ0v) is 11.3. The smallest absolute Gasteiger partial charge is 0.293 e. The fourth-order valence-corrected chi connectivity index (χ4v) is 1.48. The Kier molecular flexibility index (Phi) is 4.47. The van der Waals surface area contributed by atoms with E-state index in [2.05, 4.69) is 15.6 Å². The summed E-state index contributed by atoms with van der Waals surface area (Å²) >= 11 is 0. The number of nitrogens with zero attached hydrogens (tertiary/aromatic N) is 2. The van der Waals surface area contributed by atoms with Crippen molar-refractivity contribution in [3.05, 3.63) is 22.7 Å². The second-order valence-electron chi connectivity index (χ2n) is 4.97. The van der Waals surface area contributed by atoms with Gasteiger partial charge in [-0.3, -0.25) is 9.59 Å². The van der Waals surface area contributed by atoms with E-state index in [0.717, 1.165) is 0 Å². The molecule has 1 aromatic heterocycles. The molecule has 1 amide bonds. The van der Waals surface area contributed by atoms with E-state index >= 15 is 0 Å². The molecular weight excluding hydrogens is 232 g/mol. The number of hydrogen-bond acceptors (Lipinski definition) is 4. The minimum Gasteiger partial charge on any atom is -0.365 e. The van der Waals surface area contributed by atoms with E-state index in [9.17, 15) is 9.59 Å². The van der Waals surface area contributed by atoms with Gasteiger partial charge in [0.1, 0.15) is 0 Å². The Balaban J connectivity index is 2.79. The Morgan fingerprint density at radius 3 is 2.67 bits per heavy atom. The number of carbonyl (C=O) groups is 1. The van der Waals surface area contributed by atoms with Crippen molar-refractivity contribution in [3.63, 3.8) is 0 Å². The molecule has 0 spiro atoms. The molecule has 0 fully saturated rings. The standard InChI is InChI=1S/C12H20N4O2/c1-12(2,3)16-8-7-15-10(11(16)18)14-6-5-9(17)13-4/h7-8H,5-6H2,1-4H3,(H,13,17)(H,14,15). The summed E-state index contributed by atoms with van der Waals surface area (Å²) in [4.78, 5) is 27.2. The van der Waals surface area contributed by atoms with Gasteiger partial charge in [-0.05, 0) is 20.8 Å². The van der Waals surface area contributed by atoms with Gasteiger partial charge >= 0.3 is 0 Å². The van der Waals surface area contributed by atoms with Gasteiger partial charge in [0.25, 0.3) is 5.56 Å². The number of rotatable bonds is 4. The Bertz CT molecular complexity index is 474. The van der Waals surface area contributed by atoms with E-state index in [0.29, 0.717) is 13.0 Å². The highest BCUT2D eigenvalue weighted by Crippen LogP contribution is 2.10. The van der Waals surface area contributed by atoms with Crippen LogP contribution in [0.3, 0.4) is 0 Å². The minimum atomic E-state index is -0.294. The van der Waals surface area contributed by atoms with E-state index in [4.69, 9.17) is 0 Å². The fourth-order valence-electron chi connectivity index (χ4n) is 1.48. The van der Waals surface area contributed by atoms with Crippen LogP contribution in [0.1, 0.15) is 27.2 Å². The molecule has 0 bridgehead atoms. The van der Waals surface area contributed by atoms with Crippen molar-refractivity contribution in [2.45, 2.75) is 32.7 Å². The van der Waals surface area contributed by atoms with Crippen molar-refractivity contribution in [2.24, 2.45) is 0 Å². The maximum atomic E-state index is 12.1. The van der Waals surface area contributed by atoms with Gasteiger partial charge in [-0.15, -0.1) is 0 Å². The van der Waals surface area contributed by atoms with E-state index in [-0.39, 0.29) is 22.8 Å². The Hall–Kier alpha value is -1.85. The molecule has 1 heterocycles. The van der Waals surface area contributed by atoms with Crippen LogP contribution in [0.15, 0.2) is 17.2 Å². The third-order valence-corrected chi connectivity index (χ3v) is 2.49. The van der Waals surface area contributed by atoms with Crippen LogP contribution in [0.5, 0.6) is 0 Å². The Morgan fingerprint density at radius 2 is 2.11 bits per heavy atom. The second kappa shape index (κ2) is 5.66. The molecule has 0 saturated carbocycles. The zero-order chi connectivity index (χ0) is 13.8. The number of aromatic nitrogens is 2. The van der Waals surface area contributed by atoms with Gasteiger partial charge in [-0.1, -0.05) is 0 Å². The number of amides is 1. The molecule has 18 heavy (non-hydrogen) atoms. The molecule has 0 atom stereocenters. The Labute approximate surface area is 106 Å². The first kappa shape index (κ1) is 14.2. The van der Waals surface area contributed by atoms with Crippen LogP contribution in [0.2, 0.25) is 0 Å². The topological polar surface area (TPSA) is 76.0 Å². The molecule has 0 saturated heterocycles. The van der Waals surface area contributed by atoms with E-state index in [1.54, 1.807) is 24.0 Å². The largest absolute Gasteiger partial charge is 0.365 e. The molecule has 6 nitrogen and oxygen atoms in total. The minimum absolute atomic E-state index is 0.0745. The van der Waals surface area contributed by atoms with Crippen LogP contribution in [0, 0.1) is 0 Å². The van der Waals surface area contributed by atoms with Gasteiger partial charge in [0, 0.05) is 37.9 Å². The lowest BCUT2D eigenvalue weighted by Crippen LogP contribution is -2.35. The highest BCUT2D eigenvalue weighted by Gasteiger charge is 2.16. The van der Waals surface area contributed by atoms with Crippen LogP contribution in [-0.4, -0.2) is 29.1 Å². The summed E-state index contributed by atoms with van der Waals surface area (Å²) in [7, 11) is 1.58. The first-order valence-corrected chi connectivity index (χ1v) is 5.89. The van der Waals surface area contributed by atoms with Crippen molar-refractivity contribution >= 4 is 11.7 Å². The first-order valence-electron chi connectivity index (χ1n) is 5.89. The summed E-state index contributed by atoms with van der Waals surface area (Å²) in [6.07, 6.45) is 3.54. The maximum Gasteiger partial charge on any atom is 0.293 e. The lowest BCUT2D eigenvalue weighted by molar-refractivity contribution is -0.120. The van der Waals surface area contributed by atoms with Gasteiger partial charge in [0.05, 0.1) is 0 Å². The van der Waals surface area contributed by atoms with Crippen LogP contribution < -0.4 is 16.2 Å². The van der Waals surface area contributed by atoms with Crippen LogP contribution in [-0.2, 0) is 10.3 Å². The monoisotopic (exact) mass is 252 g/mol. The molecule has 0 aliphatic heterocycles. The van der Waals surface area contributed by atoms with Crippen molar-refractivity contribution in [3.8, 4) is 0 Å². The zero-order valence-electron chi connectivity index (χ0n) is 11.3. The molecule has 2 N–H and O–H groups in total. The lowest BCUT2D eigenvalue weighted by atomic mass is 10.1. The first-order chi connectivity index (χ1) is 8.36. The van der Waals surface area contributed by atoms with Crippen molar-refractivity contribution in [1.29, 1.82) is 0 Å². The second-order valence-corrected chi connectivity index (χ2v) is 4.97. The fraction of sp³-hybridized carbons (Fsp3) is 0.583. The average molecular weight is 252 g/mol. The van der Waals surface area contributed by atoms with Gasteiger partial charge in [0.2, 0.25) is 5.91 Å². The third kappa shape index (κ3) is 3.58. The quantitative estimate of drug-likeness (QED) is 0.820. The average Bonchev–Trinajstić information content (AvgIpc) is 2.29. The van der Waals surface area contributed by atoms with E-state index in [1.165, 1.54) is 0 Å². The number of anilines is 1. The van der Waals surface area contributed by atoms with Gasteiger partial charge in [0.15, 0.2) is 5.82 Å². The summed E-state index contributed by atoms with van der Waals surface area (Å²) < 4.78 is 1.61. The predicted molar refractivity (Wildman–Crippen MR) is 70.7 cm³/mol. The predicted octanol–water partition coefficient (Wildman–Crippen LogP) is 0.546. The van der Waals surface area contributed by atoms with Crippen molar-refractivity contribution in [1.82, 2.24) is 14.9 Å². The van der Waals surface area contributed by atoms with Gasteiger partial charge in [-0.25, -0.2) is 4.98 Å². The number of carbonyl (C=O) groups excluding carboxylic acids is 1. The van der Waals surface area contributed by atoms with Crippen LogP contribution >= 0.6 is 0 Å². The summed E-state index contributed by atoms with van der Waals surface area (Å²) in [6.45, 7) is 6.23. The molecule has 6 heteroatoms. The molecule has 100 valence electrons. The summed E-state index contributed by atoms with van der Waals surface area (Å²) in [5, 5.41) is 5.40. The normalized spacial score (nSPS) is 11.1. The molecule has 0 radical (unpaired) electrons. The number of hydrogen-bond donors (Lipinski definition) is 2. The van der Waals surface area contributed by atoms with Crippen molar-refractivity contribution < 1.29 is 4.79 Å². The highest BCUT2D eigenvalue weighted by atomic mass is 16.1. The molecule has 1 rings (SSSR count). The lowest BCUT2D eigenvalue weighted by Gasteiger charge is -2.22. The summed E-state index contributed by atoms with van der Waals surface area (Å²) in [6, 6.07) is 0. The van der Waals surface area contributed by atoms with E-state index in [1.807, 2.05) is 20.8 Å². The summed E-state index contributed by atoms with van der Waals surface area (Å²) in [5.41, 5.74) is -0.473. The number of nitrogens with one attached hydrogen (secondary N) is 2. The molecule has 0 unspecified atom stereocenters. The summed E-state index contributed by atoms with van der Waals surface area (Å²) in [5.74, 6) is 0.200. The molecular formula is C12H20N4O2. The van der Waals surface area contributed by atoms with Crippen molar-refractivity contribution in [2.75, 3.05) is 18.9 Å². The highest BCUT2D eigenvalue weighted by molar-refractivity contribution is 5.75. The van der Waals surface area contributed by atoms with Crippen LogP contribution in [0.4, 0.5) is 5.82 Å². The molecule has 1 aromatic rings. The van der Waals surface area contributed by atoms with Crippen LogP contribution in [0.25, 0.3) is 0 Å². The third-order valence-electron chi connectivity index (χ3n) is 2.49. The van der Waals surface area contributed by atoms with E-state index < -0.39 is 0 Å². The Morgan fingerprint density at radius 1 is 1.44 bits per heavy atom. The SMILES string of the molecule is CNC(=O)CCNc1nccn(C(C)(C)C)c1=O.